The first-order valence-corrected chi connectivity index (χ1v) is 10.0. The summed E-state index contributed by atoms with van der Waals surface area (Å²) in [6.45, 7) is 1.99. The molecule has 2 unspecified atom stereocenters. The molecular weight excluding hydrogens is 368 g/mol. The number of para-hydroxylation sites is 1. The van der Waals surface area contributed by atoms with Crippen LogP contribution in [0.25, 0.3) is 0 Å². The second kappa shape index (κ2) is 8.08. The highest BCUT2D eigenvalue weighted by molar-refractivity contribution is 7.89. The first-order chi connectivity index (χ1) is 12.9. The lowest BCUT2D eigenvalue weighted by molar-refractivity contribution is -0.122. The zero-order chi connectivity index (χ0) is 19.4. The van der Waals surface area contributed by atoms with Crippen LogP contribution in [0.1, 0.15) is 12.5 Å². The summed E-state index contributed by atoms with van der Waals surface area (Å²) in [5, 5.41) is 2.76. The van der Waals surface area contributed by atoms with E-state index in [4.69, 9.17) is 9.47 Å². The molecule has 2 N–H and O–H groups in total. The summed E-state index contributed by atoms with van der Waals surface area (Å²) in [4.78, 5) is 12.5. The average Bonchev–Trinajstić information content (AvgIpc) is 3.06. The minimum Gasteiger partial charge on any atom is -0.480 e. The quantitative estimate of drug-likeness (QED) is 0.754. The molecule has 144 valence electrons. The van der Waals surface area contributed by atoms with Gasteiger partial charge in [-0.25, -0.2) is 13.1 Å². The Morgan fingerprint density at radius 1 is 1.22 bits per heavy atom. The summed E-state index contributed by atoms with van der Waals surface area (Å²) >= 11 is 0. The lowest BCUT2D eigenvalue weighted by Crippen LogP contribution is -2.35. The number of nitrogens with one attached hydrogen (secondary N) is 2. The maximum atomic E-state index is 12.4. The van der Waals surface area contributed by atoms with Gasteiger partial charge in [0.2, 0.25) is 10.0 Å². The molecule has 0 saturated carbocycles. The summed E-state index contributed by atoms with van der Waals surface area (Å²) in [5.74, 6) is 0.448. The van der Waals surface area contributed by atoms with Crippen LogP contribution in [0.15, 0.2) is 53.4 Å². The standard InChI is InChI=1S/C19H22N2O5S/c1-13(12-25-2)21-27(23,24)16-9-7-15(8-10-16)20-19(22)18-11-14-5-3-4-6-17(14)26-18/h3-10,13,18,21H,11-12H2,1-2H3,(H,20,22). The monoisotopic (exact) mass is 390 g/mol. The van der Waals surface area contributed by atoms with Crippen molar-refractivity contribution in [2.24, 2.45) is 0 Å². The Labute approximate surface area is 158 Å². The summed E-state index contributed by atoms with van der Waals surface area (Å²) in [7, 11) is -2.14. The van der Waals surface area contributed by atoms with Gasteiger partial charge < -0.3 is 14.8 Å². The fraction of sp³-hybridized carbons (Fsp3) is 0.316. The molecule has 2 aromatic carbocycles. The third-order valence-electron chi connectivity index (χ3n) is 4.14. The van der Waals surface area contributed by atoms with Crippen LogP contribution in [0.4, 0.5) is 5.69 Å². The second-order valence-electron chi connectivity index (χ2n) is 6.41. The van der Waals surface area contributed by atoms with Gasteiger partial charge >= 0.3 is 0 Å². The van der Waals surface area contributed by atoms with Crippen LogP contribution in [0.3, 0.4) is 0 Å². The molecule has 2 atom stereocenters. The van der Waals surface area contributed by atoms with Crippen molar-refractivity contribution in [3.63, 3.8) is 0 Å². The number of amides is 1. The van der Waals surface area contributed by atoms with Gasteiger partial charge in [0.15, 0.2) is 6.10 Å². The first kappa shape index (κ1) is 19.3. The molecular formula is C19H22N2O5S. The van der Waals surface area contributed by atoms with Gasteiger partial charge in [-0.05, 0) is 42.8 Å². The van der Waals surface area contributed by atoms with E-state index in [1.807, 2.05) is 24.3 Å². The first-order valence-electron chi connectivity index (χ1n) is 8.56. The minimum atomic E-state index is -3.65. The Kier molecular flexibility index (Phi) is 5.79. The zero-order valence-corrected chi connectivity index (χ0v) is 16.0. The fourth-order valence-electron chi connectivity index (χ4n) is 2.89. The predicted molar refractivity (Wildman–Crippen MR) is 101 cm³/mol. The number of hydrogen-bond acceptors (Lipinski definition) is 5. The molecule has 1 heterocycles. The molecule has 7 nitrogen and oxygen atoms in total. The Balaban J connectivity index is 1.62. The molecule has 0 aliphatic carbocycles. The third kappa shape index (κ3) is 4.65. The van der Waals surface area contributed by atoms with Crippen molar-refractivity contribution < 1.29 is 22.7 Å². The van der Waals surface area contributed by atoms with Gasteiger partial charge in [0.1, 0.15) is 5.75 Å². The smallest absolute Gasteiger partial charge is 0.265 e. The molecule has 0 radical (unpaired) electrons. The van der Waals surface area contributed by atoms with Crippen molar-refractivity contribution >= 4 is 21.6 Å². The van der Waals surface area contributed by atoms with Crippen LogP contribution < -0.4 is 14.8 Å². The molecule has 1 aliphatic heterocycles. The van der Waals surface area contributed by atoms with Crippen LogP contribution in [0.5, 0.6) is 5.75 Å². The van der Waals surface area contributed by atoms with Crippen molar-refractivity contribution in [3.8, 4) is 5.75 Å². The highest BCUT2D eigenvalue weighted by Crippen LogP contribution is 2.28. The number of carbonyl (C=O) groups excluding carboxylic acids is 1. The molecule has 0 bridgehead atoms. The van der Waals surface area contributed by atoms with E-state index >= 15 is 0 Å². The number of fused-ring (bicyclic) bond motifs is 1. The number of ether oxygens (including phenoxy) is 2. The lowest BCUT2D eigenvalue weighted by atomic mass is 10.1. The van der Waals surface area contributed by atoms with E-state index < -0.39 is 16.1 Å². The Hall–Kier alpha value is -2.42. The van der Waals surface area contributed by atoms with Crippen molar-refractivity contribution in [1.29, 1.82) is 0 Å². The molecule has 0 saturated heterocycles. The number of sulfonamides is 1. The number of methoxy groups -OCH3 is 1. The van der Waals surface area contributed by atoms with Gasteiger partial charge in [-0.15, -0.1) is 0 Å². The Morgan fingerprint density at radius 2 is 1.93 bits per heavy atom. The van der Waals surface area contributed by atoms with E-state index in [2.05, 4.69) is 10.0 Å². The molecule has 0 aromatic heterocycles. The summed E-state index contributed by atoms with van der Waals surface area (Å²) in [5.41, 5.74) is 1.50. The third-order valence-corrected chi connectivity index (χ3v) is 5.75. The van der Waals surface area contributed by atoms with E-state index in [1.165, 1.54) is 19.2 Å². The van der Waals surface area contributed by atoms with E-state index in [9.17, 15) is 13.2 Å². The SMILES string of the molecule is COCC(C)NS(=O)(=O)c1ccc(NC(=O)C2Cc3ccccc3O2)cc1. The van der Waals surface area contributed by atoms with Crippen molar-refractivity contribution in [2.75, 3.05) is 19.0 Å². The van der Waals surface area contributed by atoms with Crippen molar-refractivity contribution in [1.82, 2.24) is 4.72 Å². The number of carbonyl (C=O) groups is 1. The topological polar surface area (TPSA) is 93.7 Å². The van der Waals surface area contributed by atoms with Gasteiger partial charge in [0, 0.05) is 25.3 Å². The van der Waals surface area contributed by atoms with Gasteiger partial charge in [-0.1, -0.05) is 18.2 Å². The molecule has 27 heavy (non-hydrogen) atoms. The average molecular weight is 390 g/mol. The Morgan fingerprint density at radius 3 is 2.59 bits per heavy atom. The van der Waals surface area contributed by atoms with E-state index in [0.717, 1.165) is 11.3 Å². The van der Waals surface area contributed by atoms with Crippen LogP contribution in [0.2, 0.25) is 0 Å². The van der Waals surface area contributed by atoms with Crippen LogP contribution in [-0.2, 0) is 26.0 Å². The van der Waals surface area contributed by atoms with Crippen molar-refractivity contribution in [2.45, 2.75) is 30.4 Å². The fourth-order valence-corrected chi connectivity index (χ4v) is 4.11. The molecule has 2 aromatic rings. The second-order valence-corrected chi connectivity index (χ2v) is 8.12. The highest BCUT2D eigenvalue weighted by Gasteiger charge is 2.28. The van der Waals surface area contributed by atoms with Crippen LogP contribution in [-0.4, -0.2) is 40.2 Å². The maximum Gasteiger partial charge on any atom is 0.265 e. The zero-order valence-electron chi connectivity index (χ0n) is 15.1. The highest BCUT2D eigenvalue weighted by atomic mass is 32.2. The Bertz CT molecular complexity index is 887. The molecule has 0 fully saturated rings. The number of hydrogen-bond donors (Lipinski definition) is 2. The van der Waals surface area contributed by atoms with E-state index in [0.29, 0.717) is 12.1 Å². The lowest BCUT2D eigenvalue weighted by Gasteiger charge is -2.14. The largest absolute Gasteiger partial charge is 0.480 e. The van der Waals surface area contributed by atoms with Crippen LogP contribution >= 0.6 is 0 Å². The normalized spacial score (nSPS) is 17.0. The summed E-state index contributed by atoms with van der Waals surface area (Å²) in [6.07, 6.45) is -0.0853. The van der Waals surface area contributed by atoms with E-state index in [-0.39, 0.29) is 23.5 Å². The molecule has 1 amide bonds. The van der Waals surface area contributed by atoms with Gasteiger partial charge in [-0.2, -0.15) is 0 Å². The molecule has 0 spiro atoms. The summed E-state index contributed by atoms with van der Waals surface area (Å²) < 4.78 is 37.7. The molecule has 8 heteroatoms. The number of benzene rings is 2. The van der Waals surface area contributed by atoms with Gasteiger partial charge in [0.05, 0.1) is 11.5 Å². The van der Waals surface area contributed by atoms with Crippen LogP contribution in [0, 0.1) is 0 Å². The molecule has 3 rings (SSSR count). The predicted octanol–water partition coefficient (Wildman–Crippen LogP) is 1.94. The maximum absolute atomic E-state index is 12.4. The van der Waals surface area contributed by atoms with Crippen molar-refractivity contribution in [3.05, 3.63) is 54.1 Å². The van der Waals surface area contributed by atoms with Gasteiger partial charge in [-0.3, -0.25) is 4.79 Å². The van der Waals surface area contributed by atoms with E-state index in [1.54, 1.807) is 19.1 Å². The molecule has 1 aliphatic rings. The van der Waals surface area contributed by atoms with Gasteiger partial charge in [0.25, 0.3) is 5.91 Å². The number of anilines is 1. The number of rotatable bonds is 7. The minimum absolute atomic E-state index is 0.118. The summed E-state index contributed by atoms with van der Waals surface area (Å²) in [6, 6.07) is 13.2.